The average molecular weight is 286 g/mol. The van der Waals surface area contributed by atoms with Gasteiger partial charge in [-0.15, -0.1) is 0 Å². The number of carbonyl (C=O) groups excluding carboxylic acids is 1. The summed E-state index contributed by atoms with van der Waals surface area (Å²) in [6.45, 7) is 2.71. The minimum absolute atomic E-state index is 0.0427. The van der Waals surface area contributed by atoms with Crippen LogP contribution in [0, 0.1) is 5.92 Å². The molecule has 2 heterocycles. The first-order chi connectivity index (χ1) is 10.3. The van der Waals surface area contributed by atoms with Crippen molar-refractivity contribution in [1.29, 1.82) is 0 Å². The molecule has 1 amide bonds. The van der Waals surface area contributed by atoms with Gasteiger partial charge in [-0.05, 0) is 38.3 Å². The van der Waals surface area contributed by atoms with Gasteiger partial charge in [0.05, 0.1) is 6.61 Å². The van der Waals surface area contributed by atoms with E-state index >= 15 is 0 Å². The molecule has 2 fully saturated rings. The fourth-order valence-corrected chi connectivity index (χ4v) is 3.98. The number of para-hydroxylation sites is 1. The molecule has 21 heavy (non-hydrogen) atoms. The Morgan fingerprint density at radius 3 is 3.14 bits per heavy atom. The Balaban J connectivity index is 1.48. The van der Waals surface area contributed by atoms with Gasteiger partial charge in [-0.25, -0.2) is 0 Å². The number of fused-ring (bicyclic) bond motifs is 2. The second kappa shape index (κ2) is 5.02. The molecule has 4 nitrogen and oxygen atoms in total. The molecule has 1 saturated carbocycles. The molecule has 0 bridgehead atoms. The van der Waals surface area contributed by atoms with Gasteiger partial charge in [0, 0.05) is 29.5 Å². The normalized spacial score (nSPS) is 33.9. The van der Waals surface area contributed by atoms with Gasteiger partial charge >= 0.3 is 0 Å². The SMILES string of the molecule is O=C(N[C@H]1CCCNC1)C1CC12CCOc1ccccc12. The third-order valence-corrected chi connectivity index (χ3v) is 5.26. The number of rotatable bonds is 2. The van der Waals surface area contributed by atoms with Crippen LogP contribution < -0.4 is 15.4 Å². The van der Waals surface area contributed by atoms with Crippen LogP contribution in [-0.4, -0.2) is 31.6 Å². The molecule has 4 rings (SSSR count). The molecule has 1 aliphatic carbocycles. The molecular weight excluding hydrogens is 264 g/mol. The van der Waals surface area contributed by atoms with E-state index < -0.39 is 0 Å². The van der Waals surface area contributed by atoms with Crippen LogP contribution in [0.25, 0.3) is 0 Å². The summed E-state index contributed by atoms with van der Waals surface area (Å²) in [5.41, 5.74) is 1.28. The number of hydrogen-bond donors (Lipinski definition) is 2. The number of ether oxygens (including phenoxy) is 1. The Kier molecular flexibility index (Phi) is 3.14. The van der Waals surface area contributed by atoms with Crippen LogP contribution in [0.1, 0.15) is 31.2 Å². The van der Waals surface area contributed by atoms with Gasteiger partial charge in [0.2, 0.25) is 5.91 Å². The van der Waals surface area contributed by atoms with Crippen molar-refractivity contribution in [2.75, 3.05) is 19.7 Å². The molecule has 3 atom stereocenters. The summed E-state index contributed by atoms with van der Waals surface area (Å²) in [5, 5.41) is 6.59. The number of hydrogen-bond acceptors (Lipinski definition) is 3. The summed E-state index contributed by atoms with van der Waals surface area (Å²) in [6.07, 6.45) is 4.18. The summed E-state index contributed by atoms with van der Waals surface area (Å²) in [6, 6.07) is 8.51. The number of carbonyl (C=O) groups is 1. The van der Waals surface area contributed by atoms with Crippen molar-refractivity contribution in [2.45, 2.75) is 37.1 Å². The second-order valence-electron chi connectivity index (χ2n) is 6.56. The van der Waals surface area contributed by atoms with E-state index in [9.17, 15) is 4.79 Å². The zero-order chi connectivity index (χ0) is 14.3. The Morgan fingerprint density at radius 2 is 2.29 bits per heavy atom. The van der Waals surface area contributed by atoms with Crippen LogP contribution in [0.5, 0.6) is 5.75 Å². The first-order valence-corrected chi connectivity index (χ1v) is 8.03. The standard InChI is InChI=1S/C17H22N2O2/c20-16(19-12-4-3-8-18-11-12)14-10-17(14)7-9-21-15-6-2-1-5-13(15)17/h1-2,5-6,12,14,18H,3-4,7-11H2,(H,19,20)/t12-,14?,17?/m0/s1. The van der Waals surface area contributed by atoms with Crippen LogP contribution >= 0.6 is 0 Å². The number of piperidine rings is 1. The molecule has 112 valence electrons. The lowest BCUT2D eigenvalue weighted by atomic mass is 9.87. The highest BCUT2D eigenvalue weighted by molar-refractivity contribution is 5.85. The fourth-order valence-electron chi connectivity index (χ4n) is 3.98. The predicted octanol–water partition coefficient (Wildman–Crippen LogP) is 1.59. The molecule has 1 saturated heterocycles. The molecule has 2 aliphatic heterocycles. The Bertz CT molecular complexity index is 553. The quantitative estimate of drug-likeness (QED) is 0.868. The van der Waals surface area contributed by atoms with Crippen LogP contribution in [0.2, 0.25) is 0 Å². The molecule has 3 aliphatic rings. The van der Waals surface area contributed by atoms with Gasteiger partial charge in [0.1, 0.15) is 5.75 Å². The topological polar surface area (TPSA) is 50.4 Å². The van der Waals surface area contributed by atoms with Crippen molar-refractivity contribution < 1.29 is 9.53 Å². The largest absolute Gasteiger partial charge is 0.493 e. The fraction of sp³-hybridized carbons (Fsp3) is 0.588. The maximum absolute atomic E-state index is 12.6. The zero-order valence-electron chi connectivity index (χ0n) is 12.2. The third-order valence-electron chi connectivity index (χ3n) is 5.26. The highest BCUT2D eigenvalue weighted by atomic mass is 16.5. The van der Waals surface area contributed by atoms with Crippen LogP contribution in [0.15, 0.2) is 24.3 Å². The van der Waals surface area contributed by atoms with Gasteiger partial charge < -0.3 is 15.4 Å². The maximum Gasteiger partial charge on any atom is 0.224 e. The number of amides is 1. The van der Waals surface area contributed by atoms with E-state index in [0.29, 0.717) is 6.04 Å². The smallest absolute Gasteiger partial charge is 0.224 e. The minimum atomic E-state index is 0.0427. The van der Waals surface area contributed by atoms with Crippen molar-refractivity contribution in [1.82, 2.24) is 10.6 Å². The van der Waals surface area contributed by atoms with E-state index in [0.717, 1.165) is 51.1 Å². The van der Waals surface area contributed by atoms with Crippen molar-refractivity contribution in [3.63, 3.8) is 0 Å². The van der Waals surface area contributed by atoms with Gasteiger partial charge in [0.25, 0.3) is 0 Å². The van der Waals surface area contributed by atoms with Gasteiger partial charge in [-0.3, -0.25) is 4.79 Å². The Morgan fingerprint density at radius 1 is 1.38 bits per heavy atom. The maximum atomic E-state index is 12.6. The van der Waals surface area contributed by atoms with E-state index in [1.54, 1.807) is 0 Å². The summed E-state index contributed by atoms with van der Waals surface area (Å²) in [4.78, 5) is 12.6. The first-order valence-electron chi connectivity index (χ1n) is 8.03. The summed E-state index contributed by atoms with van der Waals surface area (Å²) >= 11 is 0. The molecule has 0 radical (unpaired) electrons. The number of benzene rings is 1. The molecule has 0 aromatic heterocycles. The molecule has 1 aromatic carbocycles. The van der Waals surface area contributed by atoms with E-state index in [2.05, 4.69) is 16.7 Å². The molecule has 2 N–H and O–H groups in total. The van der Waals surface area contributed by atoms with Crippen molar-refractivity contribution in [3.8, 4) is 5.75 Å². The molecule has 4 heteroatoms. The first kappa shape index (κ1) is 13.1. The van der Waals surface area contributed by atoms with E-state index in [1.807, 2.05) is 18.2 Å². The van der Waals surface area contributed by atoms with E-state index in [4.69, 9.17) is 4.74 Å². The highest BCUT2D eigenvalue weighted by Crippen LogP contribution is 2.60. The van der Waals surface area contributed by atoms with Gasteiger partial charge in [0.15, 0.2) is 0 Å². The van der Waals surface area contributed by atoms with Gasteiger partial charge in [-0.1, -0.05) is 18.2 Å². The average Bonchev–Trinajstić information content (AvgIpc) is 3.24. The molecule has 1 aromatic rings. The highest BCUT2D eigenvalue weighted by Gasteiger charge is 2.61. The lowest BCUT2D eigenvalue weighted by Crippen LogP contribution is -2.46. The van der Waals surface area contributed by atoms with Crippen LogP contribution in [-0.2, 0) is 10.2 Å². The Labute approximate surface area is 125 Å². The summed E-state index contributed by atoms with van der Waals surface area (Å²) in [5.74, 6) is 1.34. The minimum Gasteiger partial charge on any atom is -0.493 e. The lowest BCUT2D eigenvalue weighted by Gasteiger charge is -2.28. The van der Waals surface area contributed by atoms with Crippen molar-refractivity contribution >= 4 is 5.91 Å². The van der Waals surface area contributed by atoms with Crippen molar-refractivity contribution in [2.24, 2.45) is 5.92 Å². The number of nitrogens with one attached hydrogen (secondary N) is 2. The monoisotopic (exact) mass is 286 g/mol. The second-order valence-corrected chi connectivity index (χ2v) is 6.56. The van der Waals surface area contributed by atoms with E-state index in [1.165, 1.54) is 5.56 Å². The summed E-state index contributed by atoms with van der Waals surface area (Å²) in [7, 11) is 0. The summed E-state index contributed by atoms with van der Waals surface area (Å²) < 4.78 is 5.74. The van der Waals surface area contributed by atoms with Crippen LogP contribution in [0.3, 0.4) is 0 Å². The van der Waals surface area contributed by atoms with E-state index in [-0.39, 0.29) is 17.2 Å². The predicted molar refractivity (Wildman–Crippen MR) is 80.4 cm³/mol. The molecule has 2 unspecified atom stereocenters. The van der Waals surface area contributed by atoms with Crippen molar-refractivity contribution in [3.05, 3.63) is 29.8 Å². The molecular formula is C17H22N2O2. The van der Waals surface area contributed by atoms with Crippen LogP contribution in [0.4, 0.5) is 0 Å². The third kappa shape index (κ3) is 2.22. The lowest BCUT2D eigenvalue weighted by molar-refractivity contribution is -0.123. The molecule has 1 spiro atoms. The van der Waals surface area contributed by atoms with Gasteiger partial charge in [-0.2, -0.15) is 0 Å². The Hall–Kier alpha value is -1.55. The zero-order valence-corrected chi connectivity index (χ0v) is 12.2.